The molecule has 2 amide bonds. The summed E-state index contributed by atoms with van der Waals surface area (Å²) >= 11 is 11.7. The van der Waals surface area contributed by atoms with Crippen molar-refractivity contribution in [3.8, 4) is 5.88 Å². The molecule has 0 aliphatic carbocycles. The number of carbonyl (C=O) groups is 1. The summed E-state index contributed by atoms with van der Waals surface area (Å²) in [5.74, 6) is -0.0154. The fourth-order valence-corrected chi connectivity index (χ4v) is 4.22. The first-order valence-electron chi connectivity index (χ1n) is 8.25. The van der Waals surface area contributed by atoms with Crippen molar-refractivity contribution in [2.45, 2.75) is 31.3 Å². The second kappa shape index (κ2) is 6.59. The number of benzene rings is 1. The number of methoxy groups -OCH3 is 1. The maximum absolute atomic E-state index is 14.1. The Morgan fingerprint density at radius 3 is 2.88 bits per heavy atom. The van der Waals surface area contributed by atoms with Crippen molar-refractivity contribution >= 4 is 34.9 Å². The van der Waals surface area contributed by atoms with Gasteiger partial charge in [0.05, 0.1) is 28.9 Å². The third-order valence-electron chi connectivity index (χ3n) is 5.03. The van der Waals surface area contributed by atoms with E-state index in [1.54, 1.807) is 18.2 Å². The van der Waals surface area contributed by atoms with Gasteiger partial charge in [0, 0.05) is 17.8 Å². The van der Waals surface area contributed by atoms with Crippen molar-refractivity contribution in [3.05, 3.63) is 51.4 Å². The van der Waals surface area contributed by atoms with Crippen LogP contribution in [0.2, 0.25) is 10.0 Å². The van der Waals surface area contributed by atoms with E-state index in [0.717, 1.165) is 30.0 Å². The molecule has 1 fully saturated rings. The van der Waals surface area contributed by atoms with Crippen LogP contribution in [0.1, 0.15) is 30.0 Å². The zero-order valence-corrected chi connectivity index (χ0v) is 15.4. The Morgan fingerprint density at radius 2 is 2.12 bits per heavy atom. The lowest BCUT2D eigenvalue weighted by atomic mass is 9.95. The van der Waals surface area contributed by atoms with E-state index in [2.05, 4.69) is 10.3 Å². The molecule has 1 aromatic heterocycles. The number of hydrogen-bond acceptors (Lipinski definition) is 3. The largest absolute Gasteiger partial charge is 0.481 e. The van der Waals surface area contributed by atoms with Gasteiger partial charge in [-0.05, 0) is 43.0 Å². The van der Waals surface area contributed by atoms with Crippen molar-refractivity contribution in [3.63, 3.8) is 0 Å². The van der Waals surface area contributed by atoms with Gasteiger partial charge in [-0.15, -0.1) is 0 Å². The lowest BCUT2D eigenvalue weighted by molar-refractivity contribution is 0.178. The topological polar surface area (TPSA) is 54.5 Å². The first kappa shape index (κ1) is 17.4. The summed E-state index contributed by atoms with van der Waals surface area (Å²) < 4.78 is 19.5. The number of aromatic nitrogens is 1. The highest BCUT2D eigenvalue weighted by Gasteiger charge is 2.44. The van der Waals surface area contributed by atoms with Crippen LogP contribution in [0, 0.1) is 5.82 Å². The fourth-order valence-electron chi connectivity index (χ4n) is 3.91. The number of rotatable bonds is 2. The van der Waals surface area contributed by atoms with Crippen LogP contribution in [-0.2, 0) is 6.42 Å². The van der Waals surface area contributed by atoms with Gasteiger partial charge in [0.15, 0.2) is 0 Å². The molecular weight excluding hydrogens is 380 g/mol. The number of ether oxygens (including phenoxy) is 1. The van der Waals surface area contributed by atoms with Gasteiger partial charge in [0.25, 0.3) is 0 Å². The molecule has 2 aliphatic rings. The summed E-state index contributed by atoms with van der Waals surface area (Å²) in [5.41, 5.74) is 2.10. The van der Waals surface area contributed by atoms with Crippen LogP contribution in [-0.4, -0.2) is 29.1 Å². The average molecular weight is 396 g/mol. The molecule has 136 valence electrons. The van der Waals surface area contributed by atoms with E-state index in [1.807, 2.05) is 6.07 Å². The summed E-state index contributed by atoms with van der Waals surface area (Å²) in [6.45, 7) is 0. The summed E-state index contributed by atoms with van der Waals surface area (Å²) in [6.07, 6.45) is 4.08. The number of urea groups is 1. The van der Waals surface area contributed by atoms with Crippen LogP contribution in [0.5, 0.6) is 5.88 Å². The summed E-state index contributed by atoms with van der Waals surface area (Å²) in [5, 5.41) is 2.92. The molecular formula is C18H16Cl2FN3O2. The molecule has 0 saturated carbocycles. The molecule has 0 unspecified atom stereocenters. The summed E-state index contributed by atoms with van der Waals surface area (Å²) in [4.78, 5) is 18.9. The Hall–Kier alpha value is -2.05. The minimum Gasteiger partial charge on any atom is -0.481 e. The normalized spacial score (nSPS) is 20.7. The second-order valence-corrected chi connectivity index (χ2v) is 7.24. The molecule has 1 aromatic carbocycles. The summed E-state index contributed by atoms with van der Waals surface area (Å²) in [6, 6.07) is 3.93. The highest BCUT2D eigenvalue weighted by Crippen LogP contribution is 2.46. The molecule has 4 rings (SSSR count). The van der Waals surface area contributed by atoms with Gasteiger partial charge in [-0.2, -0.15) is 0 Å². The van der Waals surface area contributed by atoms with E-state index >= 15 is 0 Å². The Morgan fingerprint density at radius 1 is 1.35 bits per heavy atom. The zero-order valence-electron chi connectivity index (χ0n) is 13.9. The maximum atomic E-state index is 14.1. The Bertz CT molecular complexity index is 893. The number of nitrogens with one attached hydrogen (secondary N) is 1. The molecule has 2 aromatic rings. The van der Waals surface area contributed by atoms with Gasteiger partial charge in [-0.25, -0.2) is 14.2 Å². The van der Waals surface area contributed by atoms with Crippen LogP contribution in [0.4, 0.5) is 14.9 Å². The lowest BCUT2D eigenvalue weighted by Gasteiger charge is -2.36. The number of anilines is 1. The molecule has 0 radical (unpaired) electrons. The molecule has 1 saturated heterocycles. The molecule has 0 spiro atoms. The van der Waals surface area contributed by atoms with Crippen LogP contribution >= 0.6 is 23.2 Å². The van der Waals surface area contributed by atoms with Crippen molar-refractivity contribution in [1.29, 1.82) is 0 Å². The molecule has 2 atom stereocenters. The number of fused-ring (bicyclic) bond motifs is 4. The van der Waals surface area contributed by atoms with Crippen molar-refractivity contribution in [2.75, 3.05) is 12.4 Å². The highest BCUT2D eigenvalue weighted by molar-refractivity contribution is 6.42. The molecule has 5 nitrogen and oxygen atoms in total. The van der Waals surface area contributed by atoms with Gasteiger partial charge in [-0.3, -0.25) is 0 Å². The number of pyridine rings is 1. The lowest BCUT2D eigenvalue weighted by Crippen LogP contribution is -2.44. The fraction of sp³-hybridized carbons (Fsp3) is 0.333. The molecule has 26 heavy (non-hydrogen) atoms. The first-order chi connectivity index (χ1) is 12.5. The number of nitrogens with zero attached hydrogens (tertiary/aromatic N) is 2. The Balaban J connectivity index is 1.63. The quantitative estimate of drug-likeness (QED) is 0.740. The van der Waals surface area contributed by atoms with Crippen LogP contribution < -0.4 is 10.1 Å². The smallest absolute Gasteiger partial charge is 0.322 e. The standard InChI is InChI=1S/C18H16Cl2FN3O2/c1-26-17-11-6-9-2-3-16(10(11)4-5-22-17)24(9)18(25)23-15-8-13(20)12(19)7-14(15)21/h4-5,7-9,16H,2-3,6H2,1H3,(H,23,25)/t9-,16+/m0/s1. The second-order valence-electron chi connectivity index (χ2n) is 6.42. The number of carbonyl (C=O) groups excluding carboxylic acids is 1. The van der Waals surface area contributed by atoms with Gasteiger partial charge >= 0.3 is 6.03 Å². The van der Waals surface area contributed by atoms with Crippen molar-refractivity contribution in [2.24, 2.45) is 0 Å². The van der Waals surface area contributed by atoms with E-state index < -0.39 is 5.82 Å². The number of amides is 2. The van der Waals surface area contributed by atoms with E-state index in [0.29, 0.717) is 12.3 Å². The first-order valence-corrected chi connectivity index (χ1v) is 9.00. The third kappa shape index (κ3) is 2.77. The van der Waals surface area contributed by atoms with E-state index in [4.69, 9.17) is 27.9 Å². The molecule has 8 heteroatoms. The van der Waals surface area contributed by atoms with Crippen molar-refractivity contribution < 1.29 is 13.9 Å². The maximum Gasteiger partial charge on any atom is 0.322 e. The number of hydrogen-bond donors (Lipinski definition) is 1. The zero-order chi connectivity index (χ0) is 18.4. The van der Waals surface area contributed by atoms with Gasteiger partial charge in [-0.1, -0.05) is 23.2 Å². The summed E-state index contributed by atoms with van der Waals surface area (Å²) in [7, 11) is 1.59. The highest BCUT2D eigenvalue weighted by atomic mass is 35.5. The predicted molar refractivity (Wildman–Crippen MR) is 97.5 cm³/mol. The molecule has 3 heterocycles. The SMILES string of the molecule is COc1nccc2c1C[C@@H]1CC[C@H]2N1C(=O)Nc1cc(Cl)c(Cl)cc1F. The van der Waals surface area contributed by atoms with Crippen LogP contribution in [0.15, 0.2) is 24.4 Å². The van der Waals surface area contributed by atoms with E-state index in [-0.39, 0.29) is 33.8 Å². The minimum absolute atomic E-state index is 0.0157. The van der Waals surface area contributed by atoms with Gasteiger partial charge in [0.2, 0.25) is 5.88 Å². The minimum atomic E-state index is -0.622. The van der Waals surface area contributed by atoms with Gasteiger partial charge < -0.3 is 15.0 Å². The Labute approximate surface area is 160 Å². The average Bonchev–Trinajstić information content (AvgIpc) is 2.94. The van der Waals surface area contributed by atoms with E-state index in [9.17, 15) is 9.18 Å². The predicted octanol–water partition coefficient (Wildman–Crippen LogP) is 4.83. The Kier molecular flexibility index (Phi) is 4.40. The van der Waals surface area contributed by atoms with Gasteiger partial charge in [0.1, 0.15) is 5.82 Å². The number of halogens is 3. The molecule has 2 aliphatic heterocycles. The molecule has 1 N–H and O–H groups in total. The van der Waals surface area contributed by atoms with E-state index in [1.165, 1.54) is 6.07 Å². The molecule has 2 bridgehead atoms. The van der Waals surface area contributed by atoms with Crippen LogP contribution in [0.25, 0.3) is 0 Å². The third-order valence-corrected chi connectivity index (χ3v) is 5.76. The monoisotopic (exact) mass is 395 g/mol. The van der Waals surface area contributed by atoms with Crippen LogP contribution in [0.3, 0.4) is 0 Å². The van der Waals surface area contributed by atoms with Crippen molar-refractivity contribution in [1.82, 2.24) is 9.88 Å².